The van der Waals surface area contributed by atoms with Gasteiger partial charge in [0, 0.05) is 55.4 Å². The van der Waals surface area contributed by atoms with E-state index in [9.17, 15) is 34.1 Å². The number of fused-ring (bicyclic) bond motifs is 1. The quantitative estimate of drug-likeness (QED) is 0.111. The molecule has 0 aliphatic carbocycles. The summed E-state index contributed by atoms with van der Waals surface area (Å²) in [5.41, 5.74) is 5.94. The van der Waals surface area contributed by atoms with Crippen molar-refractivity contribution < 1.29 is 33.3 Å². The number of imide groups is 2. The van der Waals surface area contributed by atoms with Crippen LogP contribution in [0.5, 0.6) is 0 Å². The number of nitro groups is 1. The van der Waals surface area contributed by atoms with E-state index < -0.39 is 34.6 Å². The number of amides is 5. The second-order valence-electron chi connectivity index (χ2n) is 13.8. The molecule has 5 aromatic rings. The highest BCUT2D eigenvalue weighted by molar-refractivity contribution is 6.23. The number of hydrogen-bond donors (Lipinski definition) is 2. The van der Waals surface area contributed by atoms with E-state index >= 15 is 0 Å². The van der Waals surface area contributed by atoms with Crippen LogP contribution < -0.4 is 15.5 Å². The lowest BCUT2D eigenvalue weighted by atomic mass is 9.95. The fourth-order valence-electron chi connectivity index (χ4n) is 7.38. The fraction of sp³-hybridized carbons (Fsp3) is 0.220. The van der Waals surface area contributed by atoms with Crippen molar-refractivity contribution in [3.8, 4) is 33.8 Å². The first-order chi connectivity index (χ1) is 26.6. The van der Waals surface area contributed by atoms with Crippen LogP contribution in [0, 0.1) is 16.0 Å². The first-order valence-electron chi connectivity index (χ1n) is 17.9. The predicted octanol–water partition coefficient (Wildman–Crippen LogP) is 5.52. The average Bonchev–Trinajstić information content (AvgIpc) is 3.84. The number of furan rings is 1. The first-order valence-corrected chi connectivity index (χ1v) is 17.9. The summed E-state index contributed by atoms with van der Waals surface area (Å²) < 4.78 is 5.63. The summed E-state index contributed by atoms with van der Waals surface area (Å²) in [6.45, 7) is 1.55. The molecule has 0 bridgehead atoms. The molecule has 2 saturated heterocycles. The molecule has 1 unspecified atom stereocenters. The van der Waals surface area contributed by atoms with Gasteiger partial charge in [0.1, 0.15) is 11.7 Å². The molecule has 5 heterocycles. The normalized spacial score (nSPS) is 17.3. The lowest BCUT2D eigenvalue weighted by Crippen LogP contribution is -2.54. The third-order valence-electron chi connectivity index (χ3n) is 10.4. The van der Waals surface area contributed by atoms with E-state index in [1.54, 1.807) is 36.6 Å². The number of benzene rings is 3. The first kappa shape index (κ1) is 35.1. The second-order valence-corrected chi connectivity index (χ2v) is 13.8. The standard InChI is InChI=1S/C41H34N6O8/c48-37-14-13-35(39(50)44-37)46-40(51)31-12-3-24(20-32(31)41(46)52)23-42-38(49)27-15-17-45(18-16-27)29-8-4-25(5-9-29)28-21-33(26-6-10-30(11-7-26)47(53)54)43-34(22-28)36-2-1-19-55-36/h1-12,19-22,27,35H,13-18,23H2,(H,42,49)(H,44,48,50). The Morgan fingerprint density at radius 2 is 1.55 bits per heavy atom. The van der Waals surface area contributed by atoms with Gasteiger partial charge in [0.2, 0.25) is 17.7 Å². The number of carbonyl (C=O) groups excluding carboxylic acids is 5. The van der Waals surface area contributed by atoms with Crippen molar-refractivity contribution in [1.82, 2.24) is 20.5 Å². The molecule has 2 aromatic heterocycles. The molecule has 3 aromatic carbocycles. The van der Waals surface area contributed by atoms with Crippen LogP contribution in [0.25, 0.3) is 33.8 Å². The fourth-order valence-corrected chi connectivity index (χ4v) is 7.38. The van der Waals surface area contributed by atoms with Crippen LogP contribution in [0.15, 0.2) is 102 Å². The third kappa shape index (κ3) is 6.97. The molecule has 55 heavy (non-hydrogen) atoms. The largest absolute Gasteiger partial charge is 0.463 e. The van der Waals surface area contributed by atoms with E-state index in [1.807, 2.05) is 30.3 Å². The Hall–Kier alpha value is -6.96. The van der Waals surface area contributed by atoms with Crippen molar-refractivity contribution >= 4 is 40.9 Å². The van der Waals surface area contributed by atoms with Crippen molar-refractivity contribution in [3.63, 3.8) is 0 Å². The molecule has 0 saturated carbocycles. The van der Waals surface area contributed by atoms with Crippen molar-refractivity contribution in [2.45, 2.75) is 38.3 Å². The molecule has 5 amide bonds. The van der Waals surface area contributed by atoms with Gasteiger partial charge in [-0.15, -0.1) is 0 Å². The Labute approximate surface area is 314 Å². The van der Waals surface area contributed by atoms with Crippen LogP contribution in [0.3, 0.4) is 0 Å². The number of nitro benzene ring substituents is 1. The number of anilines is 1. The minimum absolute atomic E-state index is 0.00238. The number of nitrogens with one attached hydrogen (secondary N) is 2. The highest BCUT2D eigenvalue weighted by atomic mass is 16.6. The van der Waals surface area contributed by atoms with Gasteiger partial charge >= 0.3 is 0 Å². The zero-order chi connectivity index (χ0) is 38.2. The Balaban J connectivity index is 0.888. The number of aromatic nitrogens is 1. The predicted molar refractivity (Wildman–Crippen MR) is 199 cm³/mol. The van der Waals surface area contributed by atoms with Crippen LogP contribution in [0.4, 0.5) is 11.4 Å². The van der Waals surface area contributed by atoms with Crippen molar-refractivity contribution in [1.29, 1.82) is 0 Å². The molecule has 2 fully saturated rings. The zero-order valence-corrected chi connectivity index (χ0v) is 29.4. The number of hydrogen-bond acceptors (Lipinski definition) is 10. The number of pyridine rings is 1. The van der Waals surface area contributed by atoms with Gasteiger partial charge in [0.05, 0.1) is 28.0 Å². The minimum atomic E-state index is -1.04. The van der Waals surface area contributed by atoms with Gasteiger partial charge in [-0.25, -0.2) is 4.98 Å². The second kappa shape index (κ2) is 14.5. The molecule has 3 aliphatic heterocycles. The number of piperidine rings is 2. The van der Waals surface area contributed by atoms with Gasteiger partial charge < -0.3 is 14.6 Å². The van der Waals surface area contributed by atoms with Gasteiger partial charge in [-0.2, -0.15) is 0 Å². The van der Waals surface area contributed by atoms with Gasteiger partial charge in [-0.3, -0.25) is 44.3 Å². The monoisotopic (exact) mass is 738 g/mol. The number of carbonyl (C=O) groups is 5. The lowest BCUT2D eigenvalue weighted by Gasteiger charge is -2.33. The van der Waals surface area contributed by atoms with Gasteiger partial charge in [-0.1, -0.05) is 18.2 Å². The summed E-state index contributed by atoms with van der Waals surface area (Å²) in [5.74, 6) is -1.93. The lowest BCUT2D eigenvalue weighted by molar-refractivity contribution is -0.384. The van der Waals surface area contributed by atoms with Crippen LogP contribution in [-0.2, 0) is 20.9 Å². The van der Waals surface area contributed by atoms with E-state index in [2.05, 4.69) is 27.7 Å². The SMILES string of the molecule is O=C1CCC(N2C(=O)c3ccc(CNC(=O)C4CCN(c5ccc(-c6cc(-c7ccc([N+](=O)[O-])cc7)nc(-c7ccco7)c6)cc5)CC4)cc3C2=O)C(=O)N1. The smallest absolute Gasteiger partial charge is 0.269 e. The summed E-state index contributed by atoms with van der Waals surface area (Å²) in [6.07, 6.45) is 3.02. The highest BCUT2D eigenvalue weighted by Gasteiger charge is 2.44. The van der Waals surface area contributed by atoms with Crippen molar-refractivity contribution in [2.24, 2.45) is 5.92 Å². The molecule has 0 spiro atoms. The number of nitrogens with zero attached hydrogens (tertiary/aromatic N) is 4. The molecule has 1 atom stereocenters. The van der Waals surface area contributed by atoms with Crippen LogP contribution in [0.2, 0.25) is 0 Å². The van der Waals surface area contributed by atoms with Crippen LogP contribution >= 0.6 is 0 Å². The zero-order valence-electron chi connectivity index (χ0n) is 29.4. The molecule has 276 valence electrons. The summed E-state index contributed by atoms with van der Waals surface area (Å²) in [7, 11) is 0. The molecule has 0 radical (unpaired) electrons. The molecule has 3 aliphatic rings. The summed E-state index contributed by atoms with van der Waals surface area (Å²) in [6, 6.07) is 25.7. The van der Waals surface area contributed by atoms with Crippen LogP contribution in [0.1, 0.15) is 52.0 Å². The van der Waals surface area contributed by atoms with E-state index in [1.165, 1.54) is 18.2 Å². The minimum Gasteiger partial charge on any atom is -0.463 e. The Morgan fingerprint density at radius 1 is 0.836 bits per heavy atom. The Morgan fingerprint density at radius 3 is 2.24 bits per heavy atom. The van der Waals surface area contributed by atoms with Gasteiger partial charge in [0.15, 0.2) is 5.76 Å². The third-order valence-corrected chi connectivity index (χ3v) is 10.4. The Kier molecular flexibility index (Phi) is 9.23. The molecule has 14 nitrogen and oxygen atoms in total. The van der Waals surface area contributed by atoms with Gasteiger partial charge in [0.25, 0.3) is 17.5 Å². The van der Waals surface area contributed by atoms with E-state index in [0.29, 0.717) is 48.6 Å². The molecular weight excluding hydrogens is 704 g/mol. The molecule has 8 rings (SSSR count). The van der Waals surface area contributed by atoms with Crippen molar-refractivity contribution in [2.75, 3.05) is 18.0 Å². The van der Waals surface area contributed by atoms with E-state index in [0.717, 1.165) is 27.3 Å². The molecule has 2 N–H and O–H groups in total. The molecular formula is C41H34N6O8. The van der Waals surface area contributed by atoms with E-state index in [4.69, 9.17) is 9.40 Å². The van der Waals surface area contributed by atoms with Crippen LogP contribution in [-0.4, -0.2) is 63.5 Å². The highest BCUT2D eigenvalue weighted by Crippen LogP contribution is 2.33. The maximum Gasteiger partial charge on any atom is 0.269 e. The summed E-state index contributed by atoms with van der Waals surface area (Å²) >= 11 is 0. The maximum absolute atomic E-state index is 13.2. The molecule has 14 heteroatoms. The van der Waals surface area contributed by atoms with Crippen molar-refractivity contribution in [3.05, 3.63) is 124 Å². The number of non-ortho nitro benzene ring substituents is 1. The van der Waals surface area contributed by atoms with E-state index in [-0.39, 0.29) is 48.0 Å². The summed E-state index contributed by atoms with van der Waals surface area (Å²) in [5, 5.41) is 16.4. The van der Waals surface area contributed by atoms with Gasteiger partial charge in [-0.05, 0) is 96.6 Å². The maximum atomic E-state index is 13.2. The Bertz CT molecular complexity index is 2350. The summed E-state index contributed by atoms with van der Waals surface area (Å²) in [4.78, 5) is 82.0. The number of rotatable bonds is 9. The average molecular weight is 739 g/mol. The topological polar surface area (TPSA) is 185 Å².